The van der Waals surface area contributed by atoms with Gasteiger partial charge < -0.3 is 9.47 Å². The van der Waals surface area contributed by atoms with Crippen LogP contribution < -0.4 is 9.64 Å². The molecule has 0 saturated carbocycles. The molecule has 1 amide bonds. The molecule has 7 heteroatoms. The summed E-state index contributed by atoms with van der Waals surface area (Å²) in [4.78, 5) is 20.3. The molecular formula is C26H23ClN2O3S. The summed E-state index contributed by atoms with van der Waals surface area (Å²) < 4.78 is 12.7. The summed E-state index contributed by atoms with van der Waals surface area (Å²) >= 11 is 7.87. The minimum absolute atomic E-state index is 0.0127. The Morgan fingerprint density at radius 2 is 1.97 bits per heavy atom. The van der Waals surface area contributed by atoms with Crippen molar-refractivity contribution in [3.63, 3.8) is 0 Å². The summed E-state index contributed by atoms with van der Waals surface area (Å²) in [5.74, 6) is 1.18. The van der Waals surface area contributed by atoms with Gasteiger partial charge >= 0.3 is 0 Å². The van der Waals surface area contributed by atoms with Gasteiger partial charge in [-0.1, -0.05) is 53.3 Å². The minimum Gasteiger partial charge on any atom is -0.457 e. The molecular weight excluding hydrogens is 456 g/mol. The zero-order valence-corrected chi connectivity index (χ0v) is 19.7. The second-order valence-electron chi connectivity index (χ2n) is 8.03. The Morgan fingerprint density at radius 1 is 1.15 bits per heavy atom. The fourth-order valence-corrected chi connectivity index (χ4v) is 5.24. The molecule has 4 aromatic rings. The third-order valence-electron chi connectivity index (χ3n) is 5.63. The van der Waals surface area contributed by atoms with E-state index in [0.29, 0.717) is 28.0 Å². The maximum Gasteiger partial charge on any atom is 0.260 e. The minimum atomic E-state index is -0.142. The first-order valence-electron chi connectivity index (χ1n) is 10.9. The van der Waals surface area contributed by atoms with Crippen molar-refractivity contribution in [3.8, 4) is 11.5 Å². The van der Waals surface area contributed by atoms with Crippen molar-refractivity contribution in [2.45, 2.75) is 25.9 Å². The molecule has 168 valence electrons. The molecule has 0 N–H and O–H groups in total. The molecule has 5 rings (SSSR count). The summed E-state index contributed by atoms with van der Waals surface area (Å²) in [6.07, 6.45) is 1.91. The first-order valence-corrected chi connectivity index (χ1v) is 12.1. The summed E-state index contributed by atoms with van der Waals surface area (Å²) in [5.41, 5.74) is 2.39. The van der Waals surface area contributed by atoms with Gasteiger partial charge in [0.15, 0.2) is 5.13 Å². The summed E-state index contributed by atoms with van der Waals surface area (Å²) in [6, 6.07) is 20.6. The van der Waals surface area contributed by atoms with E-state index in [0.717, 1.165) is 41.0 Å². The van der Waals surface area contributed by atoms with E-state index in [-0.39, 0.29) is 12.0 Å². The van der Waals surface area contributed by atoms with Gasteiger partial charge in [0.25, 0.3) is 5.91 Å². The third-order valence-corrected chi connectivity index (χ3v) is 7.17. The molecule has 0 radical (unpaired) electrons. The lowest BCUT2D eigenvalue weighted by molar-refractivity contribution is 0.0917. The van der Waals surface area contributed by atoms with Crippen LogP contribution in [0, 0.1) is 6.92 Å². The van der Waals surface area contributed by atoms with Crippen molar-refractivity contribution >= 4 is 44.2 Å². The van der Waals surface area contributed by atoms with Crippen molar-refractivity contribution in [3.05, 3.63) is 82.9 Å². The normalized spacial score (nSPS) is 15.6. The van der Waals surface area contributed by atoms with E-state index in [1.807, 2.05) is 61.5 Å². The monoisotopic (exact) mass is 478 g/mol. The van der Waals surface area contributed by atoms with Gasteiger partial charge in [-0.25, -0.2) is 4.98 Å². The SMILES string of the molecule is Cc1ccc(Cl)c2sc(N(CC3CCCO3)C(=O)c3cccc(Oc4ccccc4)c3)nc12. The molecule has 1 aliphatic heterocycles. The number of aromatic nitrogens is 1. The van der Waals surface area contributed by atoms with Crippen LogP contribution >= 0.6 is 22.9 Å². The molecule has 0 aliphatic carbocycles. The highest BCUT2D eigenvalue weighted by molar-refractivity contribution is 7.23. The van der Waals surface area contributed by atoms with Crippen molar-refractivity contribution in [2.75, 3.05) is 18.1 Å². The lowest BCUT2D eigenvalue weighted by Gasteiger charge is -2.23. The van der Waals surface area contributed by atoms with E-state index in [4.69, 9.17) is 26.1 Å². The third kappa shape index (κ3) is 4.74. The van der Waals surface area contributed by atoms with Crippen LogP contribution in [0.3, 0.4) is 0 Å². The fraction of sp³-hybridized carbons (Fsp3) is 0.231. The van der Waals surface area contributed by atoms with Crippen LogP contribution in [0.15, 0.2) is 66.7 Å². The van der Waals surface area contributed by atoms with E-state index >= 15 is 0 Å². The number of thiazole rings is 1. The number of benzene rings is 3. The molecule has 33 heavy (non-hydrogen) atoms. The molecule has 1 saturated heterocycles. The number of anilines is 1. The van der Waals surface area contributed by atoms with Crippen LogP contribution in [0.1, 0.15) is 28.8 Å². The quantitative estimate of drug-likeness (QED) is 0.303. The number of rotatable bonds is 6. The topological polar surface area (TPSA) is 51.7 Å². The van der Waals surface area contributed by atoms with Crippen LogP contribution in [0.2, 0.25) is 5.02 Å². The average Bonchev–Trinajstić information content (AvgIpc) is 3.51. The Kier molecular flexibility index (Phi) is 6.31. The fourth-order valence-electron chi connectivity index (χ4n) is 3.92. The van der Waals surface area contributed by atoms with Gasteiger partial charge in [0.1, 0.15) is 11.5 Å². The zero-order valence-electron chi connectivity index (χ0n) is 18.2. The van der Waals surface area contributed by atoms with Gasteiger partial charge in [-0.05, 0) is 61.7 Å². The molecule has 5 nitrogen and oxygen atoms in total. The Hall–Kier alpha value is -2.93. The van der Waals surface area contributed by atoms with E-state index in [1.165, 1.54) is 11.3 Å². The number of nitrogens with zero attached hydrogens (tertiary/aromatic N) is 2. The number of carbonyl (C=O) groups excluding carboxylic acids is 1. The van der Waals surface area contributed by atoms with Gasteiger partial charge in [0.05, 0.1) is 27.9 Å². The Balaban J connectivity index is 1.49. The molecule has 1 aliphatic rings. The molecule has 1 fully saturated rings. The first kappa shape index (κ1) is 21.9. The van der Waals surface area contributed by atoms with Gasteiger partial charge in [-0.15, -0.1) is 0 Å². The predicted octanol–water partition coefficient (Wildman–Crippen LogP) is 6.88. The van der Waals surface area contributed by atoms with Gasteiger partial charge in [-0.3, -0.25) is 9.69 Å². The molecule has 1 atom stereocenters. The number of hydrogen-bond donors (Lipinski definition) is 0. The lowest BCUT2D eigenvalue weighted by atomic mass is 10.1. The largest absolute Gasteiger partial charge is 0.457 e. The highest BCUT2D eigenvalue weighted by Gasteiger charge is 2.28. The number of carbonyl (C=O) groups is 1. The second kappa shape index (κ2) is 9.51. The van der Waals surface area contributed by atoms with Crippen LogP contribution in [0.5, 0.6) is 11.5 Å². The van der Waals surface area contributed by atoms with Gasteiger partial charge in [0, 0.05) is 12.2 Å². The Bertz CT molecular complexity index is 1250. The number of halogens is 1. The first-order chi connectivity index (χ1) is 16.1. The summed E-state index contributed by atoms with van der Waals surface area (Å²) in [6.45, 7) is 3.16. The summed E-state index contributed by atoms with van der Waals surface area (Å²) in [5, 5.41) is 1.26. The molecule has 0 spiro atoms. The van der Waals surface area contributed by atoms with Crippen molar-refractivity contribution in [1.29, 1.82) is 0 Å². The van der Waals surface area contributed by atoms with Crippen LogP contribution in [-0.2, 0) is 4.74 Å². The highest BCUT2D eigenvalue weighted by Crippen LogP contribution is 2.37. The highest BCUT2D eigenvalue weighted by atomic mass is 35.5. The van der Waals surface area contributed by atoms with E-state index in [9.17, 15) is 4.79 Å². The lowest BCUT2D eigenvalue weighted by Crippen LogP contribution is -2.37. The molecule has 1 aromatic heterocycles. The zero-order chi connectivity index (χ0) is 22.8. The van der Waals surface area contributed by atoms with E-state index < -0.39 is 0 Å². The van der Waals surface area contributed by atoms with E-state index in [1.54, 1.807) is 17.0 Å². The van der Waals surface area contributed by atoms with Crippen molar-refractivity contribution in [2.24, 2.45) is 0 Å². The maximum atomic E-state index is 13.7. The van der Waals surface area contributed by atoms with Gasteiger partial charge in [0.2, 0.25) is 0 Å². The van der Waals surface area contributed by atoms with Crippen molar-refractivity contribution in [1.82, 2.24) is 4.98 Å². The summed E-state index contributed by atoms with van der Waals surface area (Å²) in [7, 11) is 0. The molecule has 2 heterocycles. The van der Waals surface area contributed by atoms with Gasteiger partial charge in [-0.2, -0.15) is 0 Å². The average molecular weight is 479 g/mol. The Labute approximate surface area is 201 Å². The number of amides is 1. The van der Waals surface area contributed by atoms with Crippen LogP contribution in [-0.4, -0.2) is 30.1 Å². The molecule has 3 aromatic carbocycles. The number of aryl methyl sites for hydroxylation is 1. The van der Waals surface area contributed by atoms with E-state index in [2.05, 4.69) is 0 Å². The number of hydrogen-bond acceptors (Lipinski definition) is 5. The predicted molar refractivity (Wildman–Crippen MR) is 133 cm³/mol. The number of fused-ring (bicyclic) bond motifs is 1. The standard InChI is InChI=1S/C26H23ClN2O3S/c1-17-12-13-22(27)24-23(17)28-26(33-24)29(16-21-11-6-14-31-21)25(30)18-7-5-10-20(15-18)32-19-8-3-2-4-9-19/h2-5,7-10,12-13,15,21H,6,11,14,16H2,1H3. The molecule has 1 unspecified atom stereocenters. The Morgan fingerprint density at radius 3 is 2.73 bits per heavy atom. The van der Waals surface area contributed by atoms with Crippen molar-refractivity contribution < 1.29 is 14.3 Å². The second-order valence-corrected chi connectivity index (χ2v) is 9.42. The van der Waals surface area contributed by atoms with Crippen LogP contribution in [0.25, 0.3) is 10.2 Å². The number of para-hydroxylation sites is 1. The maximum absolute atomic E-state index is 13.7. The number of ether oxygens (including phenoxy) is 2. The van der Waals surface area contributed by atoms with Crippen LogP contribution in [0.4, 0.5) is 5.13 Å². The smallest absolute Gasteiger partial charge is 0.260 e. The molecule has 0 bridgehead atoms.